The van der Waals surface area contributed by atoms with Gasteiger partial charge in [-0.25, -0.2) is 19.0 Å². The predicted octanol–water partition coefficient (Wildman–Crippen LogP) is 1.91. The lowest BCUT2D eigenvalue weighted by Gasteiger charge is -2.31. The van der Waals surface area contributed by atoms with E-state index in [1.807, 2.05) is 30.3 Å². The van der Waals surface area contributed by atoms with Gasteiger partial charge in [-0.1, -0.05) is 37.3 Å². The largest absolute Gasteiger partial charge is 0.458 e. The number of aryl methyl sites for hydroxylation is 2. The molecular formula is C52H62FN9O12. The first-order chi connectivity index (χ1) is 35.2. The molecule has 4 aromatic rings. The minimum atomic E-state index is -2.04. The summed E-state index contributed by atoms with van der Waals surface area (Å²) in [6, 6.07) is 10.5. The number of ether oxygens (including phenoxy) is 2. The molecule has 0 fully saturated rings. The lowest BCUT2D eigenvalue weighted by Crippen LogP contribution is -2.51. The molecule has 0 bridgehead atoms. The van der Waals surface area contributed by atoms with Gasteiger partial charge in [0, 0.05) is 48.5 Å². The van der Waals surface area contributed by atoms with Crippen LogP contribution in [0.4, 0.5) is 9.18 Å². The van der Waals surface area contributed by atoms with Gasteiger partial charge < -0.3 is 56.4 Å². The fourth-order valence-corrected chi connectivity index (χ4v) is 9.37. The van der Waals surface area contributed by atoms with Crippen LogP contribution in [0.15, 0.2) is 47.3 Å². The van der Waals surface area contributed by atoms with Crippen molar-refractivity contribution in [1.29, 1.82) is 0 Å². The number of halogens is 1. The first-order valence-corrected chi connectivity index (χ1v) is 24.7. The Labute approximate surface area is 425 Å². The molecule has 22 heteroatoms. The number of carbonyl (C=O) groups is 8. The topological polar surface area (TPSA) is 294 Å². The number of alkyl carbamates (subject to hydrolysis) is 1. The Morgan fingerprint density at radius 1 is 0.878 bits per heavy atom. The number of rotatable bonds is 20. The summed E-state index contributed by atoms with van der Waals surface area (Å²) < 4.78 is 27.2. The molecule has 3 atom stereocenters. The van der Waals surface area contributed by atoms with Crippen molar-refractivity contribution in [1.82, 2.24) is 46.8 Å². The number of cyclic esters (lactones) is 1. The number of aliphatic hydroxyl groups is 1. The summed E-state index contributed by atoms with van der Waals surface area (Å²) in [7, 11) is 0. The summed E-state index contributed by atoms with van der Waals surface area (Å²) in [5.41, 5.74) is 1.66. The molecule has 7 rings (SSSR count). The van der Waals surface area contributed by atoms with Gasteiger partial charge in [-0.3, -0.25) is 33.6 Å². The van der Waals surface area contributed by atoms with Crippen LogP contribution in [0.5, 0.6) is 0 Å². The van der Waals surface area contributed by atoms with Crippen LogP contribution in [0, 0.1) is 12.7 Å². The molecule has 2 aromatic heterocycles. The van der Waals surface area contributed by atoms with Gasteiger partial charge in [0.05, 0.1) is 54.7 Å². The molecule has 2 aromatic carbocycles. The molecule has 3 aliphatic rings. The molecule has 7 amide bonds. The van der Waals surface area contributed by atoms with Gasteiger partial charge >= 0.3 is 12.1 Å². The Kier molecular flexibility index (Phi) is 16.8. The summed E-state index contributed by atoms with van der Waals surface area (Å²) in [6.07, 6.45) is 0.808. The van der Waals surface area contributed by atoms with Crippen molar-refractivity contribution in [3.63, 3.8) is 0 Å². The van der Waals surface area contributed by atoms with E-state index in [2.05, 4.69) is 37.2 Å². The van der Waals surface area contributed by atoms with E-state index in [1.165, 1.54) is 10.6 Å². The monoisotopic (exact) mass is 1020 g/mol. The highest BCUT2D eigenvalue weighted by Crippen LogP contribution is 2.46. The highest BCUT2D eigenvalue weighted by Gasteiger charge is 2.46. The third-order valence-electron chi connectivity index (χ3n) is 13.2. The van der Waals surface area contributed by atoms with Gasteiger partial charge in [-0.2, -0.15) is 0 Å². The van der Waals surface area contributed by atoms with Gasteiger partial charge in [-0.05, 0) is 94.5 Å². The number of nitrogens with one attached hydrogen (secondary N) is 7. The van der Waals surface area contributed by atoms with Crippen molar-refractivity contribution in [2.24, 2.45) is 0 Å². The van der Waals surface area contributed by atoms with Crippen LogP contribution >= 0.6 is 0 Å². The average molecular weight is 1020 g/mol. The van der Waals surface area contributed by atoms with Crippen LogP contribution in [0.1, 0.15) is 111 Å². The lowest BCUT2D eigenvalue weighted by atomic mass is 9.81. The zero-order valence-electron chi connectivity index (χ0n) is 42.0. The maximum atomic E-state index is 15.4. The predicted molar refractivity (Wildman–Crippen MR) is 265 cm³/mol. The molecule has 74 heavy (non-hydrogen) atoms. The number of nitrogens with zero attached hydrogens (tertiary/aromatic N) is 2. The normalized spacial score (nSPS) is 16.6. The van der Waals surface area contributed by atoms with E-state index in [4.69, 9.17) is 14.5 Å². The van der Waals surface area contributed by atoms with Crippen molar-refractivity contribution in [3.8, 4) is 11.4 Å². The van der Waals surface area contributed by atoms with E-state index < -0.39 is 95.9 Å². The summed E-state index contributed by atoms with van der Waals surface area (Å²) in [6.45, 7) is 6.84. The van der Waals surface area contributed by atoms with E-state index in [9.17, 15) is 48.3 Å². The van der Waals surface area contributed by atoms with Gasteiger partial charge in [0.25, 0.3) is 5.56 Å². The maximum Gasteiger partial charge on any atom is 0.407 e. The third kappa shape index (κ3) is 12.5. The Morgan fingerprint density at radius 2 is 1.58 bits per heavy atom. The van der Waals surface area contributed by atoms with Gasteiger partial charge in [0.15, 0.2) is 5.60 Å². The fraction of sp³-hybridized carbons (Fsp3) is 0.462. The molecule has 0 spiro atoms. The van der Waals surface area contributed by atoms with E-state index in [0.717, 1.165) is 11.1 Å². The number of amides is 7. The summed E-state index contributed by atoms with van der Waals surface area (Å²) in [5.74, 6) is -4.72. The van der Waals surface area contributed by atoms with Gasteiger partial charge in [0.2, 0.25) is 35.4 Å². The molecule has 0 saturated carbocycles. The Morgan fingerprint density at radius 3 is 2.31 bits per heavy atom. The first kappa shape index (κ1) is 54.0. The van der Waals surface area contributed by atoms with Crippen LogP contribution in [0.3, 0.4) is 0 Å². The molecule has 1 aliphatic carbocycles. The number of aromatic nitrogens is 2. The number of hydrogen-bond acceptors (Lipinski definition) is 13. The highest BCUT2D eigenvalue weighted by atomic mass is 19.1. The minimum Gasteiger partial charge on any atom is -0.458 e. The molecule has 394 valence electrons. The third-order valence-corrected chi connectivity index (χ3v) is 13.2. The van der Waals surface area contributed by atoms with Crippen LogP contribution in [0.25, 0.3) is 22.3 Å². The Balaban J connectivity index is 0.905. The first-order valence-electron chi connectivity index (χ1n) is 24.7. The van der Waals surface area contributed by atoms with Crippen LogP contribution in [-0.2, 0) is 74.6 Å². The van der Waals surface area contributed by atoms with Crippen molar-refractivity contribution >= 4 is 58.4 Å². The number of pyridine rings is 2. The molecule has 21 nitrogen and oxygen atoms in total. The van der Waals surface area contributed by atoms with Crippen molar-refractivity contribution < 1.29 is 57.3 Å². The molecular weight excluding hydrogens is 962 g/mol. The number of benzene rings is 2. The smallest absolute Gasteiger partial charge is 0.407 e. The van der Waals surface area contributed by atoms with Gasteiger partial charge in [-0.15, -0.1) is 0 Å². The van der Waals surface area contributed by atoms with Gasteiger partial charge in [0.1, 0.15) is 24.1 Å². The minimum absolute atomic E-state index is 0.00865. The molecule has 8 N–H and O–H groups in total. The molecule has 0 unspecified atom stereocenters. The standard InChI is InChI=1S/C52H62FN9O12/c1-6-52(72)33-21-38-46-31(26-62(38)48(69)32(33)27-73-49(52)70)45-35(17-15-30-28(2)34(53)22-37(61-46)44(30)45)59-40(64)13-10-19-54-41(65)24-58-47(68)36(16-14-29-11-8-7-9-12-29)60-43(67)25-57-42(66)23-56-39(63)18-20-55-50(71)74-51(3,4)5/h7-9,11-12,21-22,35-36,72H,6,10,13-20,23-27H2,1-5H3,(H,54,65)(H,55,71)(H,56,63)(H,57,66)(H,58,68)(H,59,64)(H,60,67)/t35-,36-,52-/m0/s1. The van der Waals surface area contributed by atoms with Crippen molar-refractivity contribution in [2.75, 3.05) is 32.7 Å². The number of hydrogen-bond donors (Lipinski definition) is 8. The van der Waals surface area contributed by atoms with Crippen molar-refractivity contribution in [3.05, 3.63) is 97.6 Å². The molecule has 0 saturated heterocycles. The zero-order chi connectivity index (χ0) is 53.5. The summed E-state index contributed by atoms with van der Waals surface area (Å²) in [4.78, 5) is 121. The number of esters is 1. The SMILES string of the molecule is CC[C@@]1(O)C(=O)OCc2c1cc1n(c2=O)Cc2c-1nc1cc(F)c(C)c3c1c2[C@@H](NC(=O)CCCNC(=O)CNC(=O)[C@H](CCc1ccccc1)NC(=O)CNC(=O)CNC(=O)CCNC(=O)OC(C)(C)C)CC3. The second kappa shape index (κ2) is 23.0. The summed E-state index contributed by atoms with van der Waals surface area (Å²) in [5, 5.41) is 30.2. The maximum absolute atomic E-state index is 15.4. The second-order valence-electron chi connectivity index (χ2n) is 19.5. The van der Waals surface area contributed by atoms with E-state index in [-0.39, 0.29) is 75.4 Å². The lowest BCUT2D eigenvalue weighted by molar-refractivity contribution is -0.172. The molecule has 0 radical (unpaired) electrons. The second-order valence-corrected chi connectivity index (χ2v) is 19.5. The summed E-state index contributed by atoms with van der Waals surface area (Å²) >= 11 is 0. The molecule has 2 aliphatic heterocycles. The van der Waals surface area contributed by atoms with Crippen LogP contribution in [0.2, 0.25) is 0 Å². The number of carbonyl (C=O) groups excluding carboxylic acids is 8. The van der Waals surface area contributed by atoms with Crippen LogP contribution < -0.4 is 42.8 Å². The Hall–Kier alpha value is -7.75. The average Bonchev–Trinajstić information content (AvgIpc) is 3.73. The zero-order valence-corrected chi connectivity index (χ0v) is 42.0. The molecule has 4 heterocycles. The fourth-order valence-electron chi connectivity index (χ4n) is 9.37. The number of fused-ring (bicyclic) bond motifs is 5. The van der Waals surface area contributed by atoms with Crippen LogP contribution in [-0.4, -0.2) is 107 Å². The van der Waals surface area contributed by atoms with E-state index in [0.29, 0.717) is 58.2 Å². The van der Waals surface area contributed by atoms with E-state index >= 15 is 4.39 Å². The van der Waals surface area contributed by atoms with E-state index in [1.54, 1.807) is 40.7 Å². The highest BCUT2D eigenvalue weighted by molar-refractivity contribution is 5.95. The van der Waals surface area contributed by atoms with Crippen molar-refractivity contribution in [2.45, 2.75) is 122 Å². The Bertz CT molecular complexity index is 2960. The quantitative estimate of drug-likeness (QED) is 0.0409.